The van der Waals surface area contributed by atoms with Gasteiger partial charge in [-0.2, -0.15) is 0 Å². The Bertz CT molecular complexity index is 582. The predicted octanol–water partition coefficient (Wildman–Crippen LogP) is 7.30. The van der Waals surface area contributed by atoms with E-state index in [4.69, 9.17) is 0 Å². The molecule has 0 saturated heterocycles. The monoisotopic (exact) mass is 664 g/mol. The molecule has 0 aliphatic carbocycles. The van der Waals surface area contributed by atoms with Crippen molar-refractivity contribution >= 4 is 69.1 Å². The second-order valence-corrected chi connectivity index (χ2v) is 13.4. The second kappa shape index (κ2) is 27.0. The van der Waals surface area contributed by atoms with Gasteiger partial charge in [0, 0.05) is 10.5 Å². The third kappa shape index (κ3) is 31.5. The van der Waals surface area contributed by atoms with Crippen molar-refractivity contribution in [2.45, 2.75) is 167 Å². The van der Waals surface area contributed by atoms with Crippen LogP contribution >= 0.6 is 0 Å². The summed E-state index contributed by atoms with van der Waals surface area (Å²) in [5.41, 5.74) is 0. The minimum atomic E-state index is -4.06. The maximum Gasteiger partial charge on any atom is 2.00 e. The molecule has 0 saturated carbocycles. The Morgan fingerprint density at radius 2 is 0.657 bits per heavy atom. The molecule has 2 atom stereocenters. The fourth-order valence-electron chi connectivity index (χ4n) is 3.77. The van der Waals surface area contributed by atoms with Gasteiger partial charge in [0.05, 0.1) is 20.2 Å². The van der Waals surface area contributed by atoms with Gasteiger partial charge in [0.2, 0.25) is 0 Å². The molecule has 35 heavy (non-hydrogen) atoms. The van der Waals surface area contributed by atoms with E-state index in [2.05, 4.69) is 13.8 Å². The third-order valence-corrected chi connectivity index (χ3v) is 8.86. The summed E-state index contributed by atoms with van der Waals surface area (Å²) in [4.78, 5) is 0. The molecule has 0 aromatic rings. The number of unbranched alkanes of at least 4 members (excludes halogenated alkanes) is 16. The molecule has 0 fully saturated rings. The first-order chi connectivity index (χ1) is 16.0. The summed E-state index contributed by atoms with van der Waals surface area (Å²) in [6.07, 6.45) is 22.8. The first-order valence-electron chi connectivity index (χ1n) is 13.9. The average Bonchev–Trinajstić information content (AvgIpc) is 2.75. The van der Waals surface area contributed by atoms with E-state index in [9.17, 15) is 25.9 Å². The van der Waals surface area contributed by atoms with Crippen molar-refractivity contribution in [2.75, 3.05) is 0 Å². The molecule has 6 nitrogen and oxygen atoms in total. The van der Waals surface area contributed by atoms with E-state index in [-0.39, 0.29) is 48.9 Å². The summed E-state index contributed by atoms with van der Waals surface area (Å²) in [5, 5.41) is -1.43. The number of rotatable bonds is 22. The normalized spacial score (nSPS) is 13.4. The van der Waals surface area contributed by atoms with E-state index in [0.717, 1.165) is 38.5 Å². The summed E-state index contributed by atoms with van der Waals surface area (Å²) in [6, 6.07) is 0. The van der Waals surface area contributed by atoms with Gasteiger partial charge in [0.1, 0.15) is 0 Å². The topological polar surface area (TPSA) is 114 Å². The summed E-state index contributed by atoms with van der Waals surface area (Å²) >= 11 is 0. The van der Waals surface area contributed by atoms with Crippen molar-refractivity contribution in [1.29, 1.82) is 0 Å². The molecule has 0 spiro atoms. The molecule has 0 aliphatic rings. The van der Waals surface area contributed by atoms with E-state index < -0.39 is 30.7 Å². The number of hydrogen-bond donors (Lipinski definition) is 0. The Balaban J connectivity index is -0.000000569. The zero-order chi connectivity index (χ0) is 26.3. The second-order valence-electron chi connectivity index (χ2n) is 9.84. The van der Waals surface area contributed by atoms with Crippen LogP contribution in [0.2, 0.25) is 0 Å². The molecular formula is C26H54BaO6S2. The molecule has 208 valence electrons. The van der Waals surface area contributed by atoms with Crippen LogP contribution in [0.3, 0.4) is 0 Å². The largest absolute Gasteiger partial charge is 2.00 e. The van der Waals surface area contributed by atoms with Crippen LogP contribution in [0.5, 0.6) is 0 Å². The zero-order valence-corrected chi connectivity index (χ0v) is 29.3. The Kier molecular flexibility index (Phi) is 31.5. The van der Waals surface area contributed by atoms with Gasteiger partial charge in [-0.1, -0.05) is 129 Å². The van der Waals surface area contributed by atoms with Gasteiger partial charge in [-0.25, -0.2) is 16.8 Å². The van der Waals surface area contributed by atoms with Crippen LogP contribution in [-0.4, -0.2) is 85.3 Å². The van der Waals surface area contributed by atoms with Crippen LogP contribution < -0.4 is 0 Å². The Morgan fingerprint density at radius 3 is 0.857 bits per heavy atom. The maximum atomic E-state index is 10.6. The molecule has 0 aromatic carbocycles. The van der Waals surface area contributed by atoms with E-state index in [1.807, 2.05) is 0 Å². The SMILES string of the molecule is CCCCCCCCCCCC(C)S(=O)(=O)[O-].CCCCCCCCCCCC(C)S(=O)(=O)[O-].[Ba+2]. The van der Waals surface area contributed by atoms with Crippen molar-refractivity contribution in [3.8, 4) is 0 Å². The molecule has 0 aliphatic heterocycles. The number of hydrogen-bond acceptors (Lipinski definition) is 6. The molecule has 9 heteroatoms. The molecule has 0 bridgehead atoms. The van der Waals surface area contributed by atoms with Gasteiger partial charge in [0.15, 0.2) is 0 Å². The van der Waals surface area contributed by atoms with Gasteiger partial charge in [-0.3, -0.25) is 0 Å². The van der Waals surface area contributed by atoms with E-state index >= 15 is 0 Å². The zero-order valence-electron chi connectivity index (χ0n) is 23.3. The summed E-state index contributed by atoms with van der Waals surface area (Å²) in [5.74, 6) is 0. The molecule has 0 heterocycles. The van der Waals surface area contributed by atoms with Crippen LogP contribution in [0.15, 0.2) is 0 Å². The molecule has 2 unspecified atom stereocenters. The fourth-order valence-corrected chi connectivity index (χ4v) is 4.68. The Hall–Kier alpha value is 1.39. The van der Waals surface area contributed by atoms with Crippen LogP contribution in [0.25, 0.3) is 0 Å². The maximum absolute atomic E-state index is 10.6. The van der Waals surface area contributed by atoms with Crippen molar-refractivity contribution < 1.29 is 25.9 Å². The first-order valence-corrected chi connectivity index (χ1v) is 16.8. The Labute approximate surface area is 259 Å². The molecule has 0 N–H and O–H groups in total. The van der Waals surface area contributed by atoms with Crippen LogP contribution in [0, 0.1) is 0 Å². The predicted molar refractivity (Wildman–Crippen MR) is 148 cm³/mol. The Morgan fingerprint density at radius 1 is 0.457 bits per heavy atom. The van der Waals surface area contributed by atoms with Gasteiger partial charge in [-0.05, 0) is 26.7 Å². The van der Waals surface area contributed by atoms with Crippen molar-refractivity contribution in [3.05, 3.63) is 0 Å². The minimum Gasteiger partial charge on any atom is -0.748 e. The van der Waals surface area contributed by atoms with Gasteiger partial charge >= 0.3 is 48.9 Å². The smallest absolute Gasteiger partial charge is 0.748 e. The average molecular weight is 664 g/mol. The summed E-state index contributed by atoms with van der Waals surface area (Å²) in [7, 11) is -8.12. The molecule has 0 rings (SSSR count). The first kappa shape index (κ1) is 40.9. The van der Waals surface area contributed by atoms with Gasteiger partial charge in [-0.15, -0.1) is 0 Å². The molecular weight excluding hydrogens is 610 g/mol. The van der Waals surface area contributed by atoms with Crippen LogP contribution in [0.4, 0.5) is 0 Å². The minimum absolute atomic E-state index is 0. The molecule has 0 radical (unpaired) electrons. The quantitative estimate of drug-likeness (QED) is 0.0682. The summed E-state index contributed by atoms with van der Waals surface area (Å²) < 4.78 is 63.9. The van der Waals surface area contributed by atoms with E-state index in [1.165, 1.54) is 90.9 Å². The van der Waals surface area contributed by atoms with Gasteiger partial charge in [0.25, 0.3) is 0 Å². The molecule has 0 amide bonds. The molecule has 0 aromatic heterocycles. The van der Waals surface area contributed by atoms with Crippen LogP contribution in [0.1, 0.15) is 156 Å². The van der Waals surface area contributed by atoms with E-state index in [0.29, 0.717) is 12.8 Å². The van der Waals surface area contributed by atoms with Crippen LogP contribution in [-0.2, 0) is 20.2 Å². The van der Waals surface area contributed by atoms with Gasteiger partial charge < -0.3 is 9.11 Å². The summed E-state index contributed by atoms with van der Waals surface area (Å²) in [6.45, 7) is 7.44. The standard InChI is InChI=1S/2C13H28O3S.Ba/c2*1-3-4-5-6-7-8-9-10-11-12-13(2)17(14,15)16;/h2*13H,3-12H2,1-2H3,(H,14,15,16);/q;;+2/p-2. The van der Waals surface area contributed by atoms with Crippen molar-refractivity contribution in [2.24, 2.45) is 0 Å². The van der Waals surface area contributed by atoms with E-state index in [1.54, 1.807) is 0 Å². The van der Waals surface area contributed by atoms with Crippen molar-refractivity contribution in [3.63, 3.8) is 0 Å². The fraction of sp³-hybridized carbons (Fsp3) is 1.00. The third-order valence-electron chi connectivity index (χ3n) is 6.41. The van der Waals surface area contributed by atoms with Crippen molar-refractivity contribution in [1.82, 2.24) is 0 Å².